The van der Waals surface area contributed by atoms with Crippen molar-refractivity contribution in [2.24, 2.45) is 5.16 Å². The van der Waals surface area contributed by atoms with Crippen molar-refractivity contribution in [3.63, 3.8) is 0 Å². The number of carboxylic acids is 1. The van der Waals surface area contributed by atoms with E-state index in [0.717, 1.165) is 16.2 Å². The zero-order valence-corrected chi connectivity index (χ0v) is 18.8. The van der Waals surface area contributed by atoms with Gasteiger partial charge in [-0.05, 0) is 5.57 Å². The number of allylic oxidation sites excluding steroid dienone is 1. The van der Waals surface area contributed by atoms with Crippen molar-refractivity contribution in [1.29, 1.82) is 0 Å². The molecule has 1 aromatic rings. The summed E-state index contributed by atoms with van der Waals surface area (Å²) in [6.45, 7) is 3.56. The number of nitrogens with two attached hydrogens (primary N) is 1. The molecule has 1 fully saturated rings. The molecule has 0 unspecified atom stereocenters. The molecule has 27 heavy (non-hydrogen) atoms. The zero-order valence-electron chi connectivity index (χ0n) is 16.1. The maximum absolute atomic E-state index is 12.4. The number of fused-ring (bicyclic) bond motifs is 1. The molecule has 0 aliphatic carbocycles. The molecule has 2 aliphatic heterocycles. The average Bonchev–Trinajstić information content (AvgIpc) is 3.04. The van der Waals surface area contributed by atoms with Crippen LogP contribution >= 0.6 is 23.1 Å². The Hall–Kier alpha value is -1.22. The second-order valence-electron chi connectivity index (χ2n) is 5.26. The first kappa shape index (κ1) is 22.1. The number of anilines is 1. The van der Waals surface area contributed by atoms with Gasteiger partial charge in [0, 0.05) is 11.1 Å². The van der Waals surface area contributed by atoms with Gasteiger partial charge in [-0.1, -0.05) is 17.8 Å². The molecule has 3 heterocycles. The van der Waals surface area contributed by atoms with Crippen LogP contribution in [0.15, 0.2) is 34.5 Å². The molecule has 1 saturated heterocycles. The molecule has 0 radical (unpaired) electrons. The van der Waals surface area contributed by atoms with Crippen LogP contribution in [0.4, 0.5) is 5.13 Å². The second kappa shape index (κ2) is 8.85. The standard InChI is InChI=1S/C14H13N5O5S2.K/c1-2-5-3-25-12-8(11(21)19(12)9(5)13(22)23)17-10(20)7(18-24)6-4-26-14(15)16-6;/h2,4,8,12,24H,1,3H2,(H2,15,16)(H,17,20)(H,22,23);/q;+1/p+2/b18-7-;/t8-,12-;/m1./s1. The third-order valence-electron chi connectivity index (χ3n) is 3.81. The van der Waals surface area contributed by atoms with Crippen LogP contribution in [0.25, 0.3) is 0 Å². The van der Waals surface area contributed by atoms with Crippen molar-refractivity contribution in [2.45, 2.75) is 11.4 Å². The molecule has 10 nitrogen and oxygen atoms in total. The quantitative estimate of drug-likeness (QED) is 0.125. The van der Waals surface area contributed by atoms with E-state index in [-0.39, 0.29) is 76.5 Å². The van der Waals surface area contributed by atoms with Gasteiger partial charge in [0.05, 0.1) is 0 Å². The molecule has 3 rings (SSSR count). The van der Waals surface area contributed by atoms with Crippen LogP contribution in [-0.4, -0.2) is 60.9 Å². The number of β-lactam (4-membered cyclic amide) rings is 1. The first-order valence-electron chi connectivity index (χ1n) is 7.16. The molecule has 136 valence electrons. The first-order chi connectivity index (χ1) is 12.4. The van der Waals surface area contributed by atoms with Gasteiger partial charge < -0.3 is 21.4 Å². The van der Waals surface area contributed by atoms with Crippen molar-refractivity contribution in [2.75, 3.05) is 11.5 Å². The van der Waals surface area contributed by atoms with E-state index in [1.165, 1.54) is 23.2 Å². The Morgan fingerprint density at radius 3 is 2.78 bits per heavy atom. The molecule has 1 aromatic heterocycles. The Bertz CT molecular complexity index is 894. The number of carboxylic acid groups (broad SMARTS) is 1. The van der Waals surface area contributed by atoms with Gasteiger partial charge in [0.2, 0.25) is 0 Å². The largest absolute Gasteiger partial charge is 1.00 e. The van der Waals surface area contributed by atoms with Crippen LogP contribution in [0.5, 0.6) is 0 Å². The number of nitrogens with zero attached hydrogens (tertiary/aromatic N) is 3. The van der Waals surface area contributed by atoms with E-state index in [4.69, 9.17) is 10.9 Å². The summed E-state index contributed by atoms with van der Waals surface area (Å²) >= 11 is 2.37. The Labute approximate surface area is 207 Å². The number of hydrogen-bond donors (Lipinski definition) is 4. The van der Waals surface area contributed by atoms with Gasteiger partial charge in [-0.3, -0.25) is 14.5 Å². The minimum Gasteiger partial charge on any atom is -0.477 e. The molecule has 0 aromatic carbocycles. The topological polar surface area (TPSA) is 158 Å². The summed E-state index contributed by atoms with van der Waals surface area (Å²) in [4.78, 5) is 41.2. The number of hydrogen-bond acceptors (Lipinski definition) is 9. The minimum atomic E-state index is -1.24. The van der Waals surface area contributed by atoms with E-state index in [0.29, 0.717) is 11.3 Å². The number of carbonyl (C=O) groups excluding carboxylic acids is 2. The summed E-state index contributed by atoms with van der Waals surface area (Å²) in [6.07, 6.45) is 1.40. The van der Waals surface area contributed by atoms with E-state index >= 15 is 0 Å². The molecule has 2 atom stereocenters. The number of thioether (sulfide) groups is 1. The van der Waals surface area contributed by atoms with E-state index in [1.807, 2.05) is 0 Å². The van der Waals surface area contributed by atoms with Gasteiger partial charge in [-0.25, -0.2) is 9.78 Å². The fourth-order valence-corrected chi connectivity index (χ4v) is 4.51. The third-order valence-corrected chi connectivity index (χ3v) is 5.79. The molecule has 0 bridgehead atoms. The Morgan fingerprint density at radius 2 is 2.26 bits per heavy atom. The van der Waals surface area contributed by atoms with Crippen molar-refractivity contribution in [1.82, 2.24) is 15.2 Å². The maximum Gasteiger partial charge on any atom is 1.00 e. The predicted molar refractivity (Wildman–Crippen MR) is 97.0 cm³/mol. The number of nitrogens with one attached hydrogen (secondary N) is 1. The van der Waals surface area contributed by atoms with E-state index in [1.54, 1.807) is 0 Å². The Kier molecular flexibility index (Phi) is 7.24. The number of aliphatic carboxylic acids is 1. The molecule has 2 amide bonds. The molecule has 5 N–H and O–H groups in total. The number of nitrogen functional groups attached to an aromatic ring is 1. The van der Waals surface area contributed by atoms with Gasteiger partial charge in [-0.2, -0.15) is 0 Å². The Morgan fingerprint density at radius 1 is 1.56 bits per heavy atom. The van der Waals surface area contributed by atoms with Crippen molar-refractivity contribution in [3.8, 4) is 0 Å². The monoisotopic (exact) mass is 436 g/mol. The number of carbonyl (C=O) groups is 3. The smallest absolute Gasteiger partial charge is 0.477 e. The third kappa shape index (κ3) is 3.99. The van der Waals surface area contributed by atoms with E-state index < -0.39 is 29.2 Å². The maximum atomic E-state index is 12.4. The molecule has 2 aliphatic rings. The molecule has 0 saturated carbocycles. The van der Waals surface area contributed by atoms with Crippen LogP contribution in [0.3, 0.4) is 0 Å². The normalized spacial score (nSPS) is 21.7. The van der Waals surface area contributed by atoms with Crippen LogP contribution in [0.1, 0.15) is 8.55 Å². The number of amides is 2. The zero-order chi connectivity index (χ0) is 19.0. The first-order valence-corrected chi connectivity index (χ1v) is 9.09. The fraction of sp³-hybridized carbons (Fsp3) is 0.214. The number of thiazole rings is 1. The van der Waals surface area contributed by atoms with Gasteiger partial charge in [-0.15, -0.1) is 23.1 Å². The van der Waals surface area contributed by atoms with Crippen LogP contribution in [0, 0.1) is 0 Å². The van der Waals surface area contributed by atoms with Crippen molar-refractivity contribution >= 4 is 51.7 Å². The summed E-state index contributed by atoms with van der Waals surface area (Å²) in [7, 11) is 0. The Balaban J connectivity index is 0.00000261. The average molecular weight is 437 g/mol. The minimum absolute atomic E-state index is 0. The van der Waals surface area contributed by atoms with E-state index in [9.17, 15) is 19.5 Å². The second-order valence-corrected chi connectivity index (χ2v) is 7.26. The molecule has 13 heteroatoms. The summed E-state index contributed by atoms with van der Waals surface area (Å²) in [6, 6.07) is -0.944. The van der Waals surface area contributed by atoms with Crippen molar-refractivity contribution < 1.29 is 78.9 Å². The summed E-state index contributed by atoms with van der Waals surface area (Å²) < 4.78 is 0. The predicted octanol–water partition coefficient (Wildman–Crippen LogP) is -2.94. The number of oxime groups is 1. The van der Waals surface area contributed by atoms with Crippen LogP contribution < -0.4 is 62.4 Å². The van der Waals surface area contributed by atoms with Crippen LogP contribution in [-0.2, 0) is 14.4 Å². The number of aromatic nitrogens is 1. The van der Waals surface area contributed by atoms with E-state index in [2.05, 4.69) is 22.0 Å². The summed E-state index contributed by atoms with van der Waals surface area (Å²) in [5, 5.41) is 24.9. The summed E-state index contributed by atoms with van der Waals surface area (Å²) in [5.41, 5.74) is 5.49. The number of rotatable bonds is 5. The van der Waals surface area contributed by atoms with Gasteiger partial charge >= 0.3 is 60.2 Å². The molecule has 0 spiro atoms. The van der Waals surface area contributed by atoms with Gasteiger partial charge in [0.1, 0.15) is 22.8 Å². The van der Waals surface area contributed by atoms with Crippen LogP contribution in [0.2, 0.25) is 0 Å². The van der Waals surface area contributed by atoms with Gasteiger partial charge in [0.25, 0.3) is 11.8 Å². The van der Waals surface area contributed by atoms with Gasteiger partial charge in [0.15, 0.2) is 10.8 Å². The SMILES string of the molecule is C=CC1=C(C(=O)O)N2C(=O)[C@@H](NC(=O)/C(=N\O)c3csc(N)n3)[C@H]2SC1.[H+].[H+].[K+]. The van der Waals surface area contributed by atoms with Crippen molar-refractivity contribution in [3.05, 3.63) is 35.0 Å². The molecular formula is C14H15KN5O5S2+3. The summed E-state index contributed by atoms with van der Waals surface area (Å²) in [5.74, 6) is -2.27. The molecular weight excluding hydrogens is 421 g/mol. The fourth-order valence-electron chi connectivity index (χ4n) is 2.62.